The van der Waals surface area contributed by atoms with Crippen molar-refractivity contribution in [3.63, 3.8) is 0 Å². The molecule has 1 aliphatic rings. The van der Waals surface area contributed by atoms with Crippen molar-refractivity contribution in [3.8, 4) is 0 Å². The van der Waals surface area contributed by atoms with Crippen LogP contribution in [0.5, 0.6) is 0 Å². The zero-order valence-electron chi connectivity index (χ0n) is 12.1. The maximum Gasteiger partial charge on any atom is 0.00768 e. The summed E-state index contributed by atoms with van der Waals surface area (Å²) in [6, 6.07) is 0. The minimum Gasteiger partial charge on any atom is -0.306 e. The van der Waals surface area contributed by atoms with Crippen molar-refractivity contribution >= 4 is 15.9 Å². The van der Waals surface area contributed by atoms with Crippen LogP contribution >= 0.6 is 15.9 Å². The van der Waals surface area contributed by atoms with Gasteiger partial charge in [-0.3, -0.25) is 0 Å². The van der Waals surface area contributed by atoms with E-state index in [1.165, 1.54) is 45.2 Å². The third-order valence-electron chi connectivity index (χ3n) is 4.24. The summed E-state index contributed by atoms with van der Waals surface area (Å²) in [6.45, 7) is 9.60. The summed E-state index contributed by atoms with van der Waals surface area (Å²) >= 11 is 3.68. The molecule has 1 aliphatic carbocycles. The summed E-state index contributed by atoms with van der Waals surface area (Å²) in [7, 11) is 2.30. The molecule has 0 amide bonds. The molecule has 1 nitrogen and oxygen atoms in total. The standard InChI is InChI=1S/C15H30BrN/c1-15(2,3)14(10-16)12-17(4)11-13-8-6-5-7-9-13/h13-14H,5-12H2,1-4H3. The Labute approximate surface area is 116 Å². The summed E-state index contributed by atoms with van der Waals surface area (Å²) in [5.74, 6) is 1.71. The monoisotopic (exact) mass is 303 g/mol. The highest BCUT2D eigenvalue weighted by atomic mass is 79.9. The van der Waals surface area contributed by atoms with Gasteiger partial charge < -0.3 is 4.90 Å². The van der Waals surface area contributed by atoms with Crippen molar-refractivity contribution in [1.29, 1.82) is 0 Å². The second-order valence-electron chi connectivity index (χ2n) is 6.94. The number of nitrogens with zero attached hydrogens (tertiary/aromatic N) is 1. The molecule has 1 rings (SSSR count). The molecule has 0 aromatic carbocycles. The molecule has 1 atom stereocenters. The molecule has 1 fully saturated rings. The molecule has 0 heterocycles. The Hall–Kier alpha value is 0.440. The van der Waals surface area contributed by atoms with E-state index in [1.54, 1.807) is 0 Å². The zero-order valence-corrected chi connectivity index (χ0v) is 13.7. The molecular weight excluding hydrogens is 274 g/mol. The summed E-state index contributed by atoms with van der Waals surface area (Å²) in [6.07, 6.45) is 7.29. The van der Waals surface area contributed by atoms with Gasteiger partial charge in [0.25, 0.3) is 0 Å². The maximum absolute atomic E-state index is 3.68. The lowest BCUT2D eigenvalue weighted by atomic mass is 9.81. The highest BCUT2D eigenvalue weighted by molar-refractivity contribution is 9.09. The Morgan fingerprint density at radius 3 is 2.24 bits per heavy atom. The van der Waals surface area contributed by atoms with Crippen LogP contribution in [0.3, 0.4) is 0 Å². The van der Waals surface area contributed by atoms with Crippen molar-refractivity contribution < 1.29 is 0 Å². The van der Waals surface area contributed by atoms with E-state index in [9.17, 15) is 0 Å². The minimum atomic E-state index is 0.407. The molecule has 0 aromatic heterocycles. The van der Waals surface area contributed by atoms with E-state index in [4.69, 9.17) is 0 Å². The molecule has 2 heteroatoms. The van der Waals surface area contributed by atoms with E-state index < -0.39 is 0 Å². The molecule has 17 heavy (non-hydrogen) atoms. The molecule has 0 spiro atoms. The van der Waals surface area contributed by atoms with Crippen LogP contribution in [-0.2, 0) is 0 Å². The first-order valence-electron chi connectivity index (χ1n) is 7.18. The lowest BCUT2D eigenvalue weighted by Crippen LogP contribution is -2.37. The fourth-order valence-electron chi connectivity index (χ4n) is 2.82. The van der Waals surface area contributed by atoms with E-state index in [-0.39, 0.29) is 0 Å². The summed E-state index contributed by atoms with van der Waals surface area (Å²) in [5, 5.41) is 1.12. The fraction of sp³-hybridized carbons (Fsp3) is 1.00. The lowest BCUT2D eigenvalue weighted by Gasteiger charge is -2.34. The molecular formula is C15H30BrN. The van der Waals surface area contributed by atoms with E-state index in [2.05, 4.69) is 48.6 Å². The largest absolute Gasteiger partial charge is 0.306 e. The van der Waals surface area contributed by atoms with E-state index in [0.29, 0.717) is 5.41 Å². The van der Waals surface area contributed by atoms with Gasteiger partial charge in [0.1, 0.15) is 0 Å². The van der Waals surface area contributed by atoms with Gasteiger partial charge in [-0.1, -0.05) is 56.0 Å². The van der Waals surface area contributed by atoms with Gasteiger partial charge in [-0.05, 0) is 37.1 Å². The molecule has 0 bridgehead atoms. The molecule has 0 aromatic rings. The van der Waals surface area contributed by atoms with Crippen molar-refractivity contribution in [1.82, 2.24) is 4.90 Å². The molecule has 1 saturated carbocycles. The van der Waals surface area contributed by atoms with Crippen LogP contribution in [0, 0.1) is 17.3 Å². The summed E-state index contributed by atoms with van der Waals surface area (Å²) in [5.41, 5.74) is 0.407. The third-order valence-corrected chi connectivity index (χ3v) is 5.02. The Morgan fingerprint density at radius 2 is 1.76 bits per heavy atom. The lowest BCUT2D eigenvalue weighted by molar-refractivity contribution is 0.160. The second kappa shape index (κ2) is 7.13. The SMILES string of the molecule is CN(CC1CCCCC1)CC(CBr)C(C)(C)C. The Morgan fingerprint density at radius 1 is 1.18 bits per heavy atom. The molecule has 1 unspecified atom stereocenters. The first-order valence-corrected chi connectivity index (χ1v) is 8.30. The van der Waals surface area contributed by atoms with Gasteiger partial charge in [0.15, 0.2) is 0 Å². The molecule has 102 valence electrons. The average Bonchev–Trinajstić information content (AvgIpc) is 2.25. The predicted molar refractivity (Wildman–Crippen MR) is 80.8 cm³/mol. The number of rotatable bonds is 5. The topological polar surface area (TPSA) is 3.24 Å². The molecule has 0 aliphatic heterocycles. The van der Waals surface area contributed by atoms with Crippen molar-refractivity contribution in [2.24, 2.45) is 17.3 Å². The van der Waals surface area contributed by atoms with Crippen molar-refractivity contribution in [2.45, 2.75) is 52.9 Å². The van der Waals surface area contributed by atoms with Gasteiger partial charge in [0, 0.05) is 18.4 Å². The maximum atomic E-state index is 3.68. The van der Waals surface area contributed by atoms with Crippen LogP contribution in [0.4, 0.5) is 0 Å². The van der Waals surface area contributed by atoms with E-state index >= 15 is 0 Å². The number of halogens is 1. The van der Waals surface area contributed by atoms with Gasteiger partial charge >= 0.3 is 0 Å². The predicted octanol–water partition coefficient (Wildman–Crippen LogP) is 4.56. The van der Waals surface area contributed by atoms with Crippen molar-refractivity contribution in [3.05, 3.63) is 0 Å². The smallest absolute Gasteiger partial charge is 0.00768 e. The van der Waals surface area contributed by atoms with E-state index in [1.807, 2.05) is 0 Å². The Bertz CT molecular complexity index is 203. The highest BCUT2D eigenvalue weighted by Gasteiger charge is 2.25. The van der Waals surface area contributed by atoms with Crippen LogP contribution in [0.25, 0.3) is 0 Å². The van der Waals surface area contributed by atoms with Gasteiger partial charge in [0.05, 0.1) is 0 Å². The Balaban J connectivity index is 2.34. The third kappa shape index (κ3) is 5.74. The molecule has 0 radical (unpaired) electrons. The van der Waals surface area contributed by atoms with Crippen LogP contribution in [0.2, 0.25) is 0 Å². The first-order chi connectivity index (χ1) is 7.93. The summed E-state index contributed by atoms with van der Waals surface area (Å²) in [4.78, 5) is 2.56. The number of hydrogen-bond acceptors (Lipinski definition) is 1. The van der Waals surface area contributed by atoms with Crippen LogP contribution < -0.4 is 0 Å². The van der Waals surface area contributed by atoms with Gasteiger partial charge in [-0.25, -0.2) is 0 Å². The quantitative estimate of drug-likeness (QED) is 0.673. The number of hydrogen-bond donors (Lipinski definition) is 0. The van der Waals surface area contributed by atoms with Crippen LogP contribution in [-0.4, -0.2) is 30.4 Å². The Kier molecular flexibility index (Phi) is 6.50. The number of alkyl halides is 1. The normalized spacial score (nSPS) is 20.8. The van der Waals surface area contributed by atoms with Crippen LogP contribution in [0.1, 0.15) is 52.9 Å². The first kappa shape index (κ1) is 15.5. The van der Waals surface area contributed by atoms with Gasteiger partial charge in [0.2, 0.25) is 0 Å². The zero-order chi connectivity index (χ0) is 12.9. The molecule has 0 saturated heterocycles. The summed E-state index contributed by atoms with van der Waals surface area (Å²) < 4.78 is 0. The average molecular weight is 304 g/mol. The fourth-order valence-corrected chi connectivity index (χ4v) is 3.99. The van der Waals surface area contributed by atoms with Crippen molar-refractivity contribution in [2.75, 3.05) is 25.5 Å². The minimum absolute atomic E-state index is 0.407. The van der Waals surface area contributed by atoms with E-state index in [0.717, 1.165) is 17.2 Å². The second-order valence-corrected chi connectivity index (χ2v) is 7.59. The van der Waals surface area contributed by atoms with Gasteiger partial charge in [-0.2, -0.15) is 0 Å². The molecule has 0 N–H and O–H groups in total. The van der Waals surface area contributed by atoms with Gasteiger partial charge in [-0.15, -0.1) is 0 Å². The van der Waals surface area contributed by atoms with Crippen LogP contribution in [0.15, 0.2) is 0 Å². The highest BCUT2D eigenvalue weighted by Crippen LogP contribution is 2.29.